The Hall–Kier alpha value is -5.57. The van der Waals surface area contributed by atoms with Crippen molar-refractivity contribution in [2.24, 2.45) is 0 Å². The van der Waals surface area contributed by atoms with Gasteiger partial charge in [-0.15, -0.1) is 0 Å². The van der Waals surface area contributed by atoms with Crippen LogP contribution in [0.25, 0.3) is 60.9 Å². The van der Waals surface area contributed by atoms with Crippen molar-refractivity contribution in [1.29, 1.82) is 0 Å². The van der Waals surface area contributed by atoms with Crippen LogP contribution in [0.4, 0.5) is 0 Å². The van der Waals surface area contributed by atoms with Crippen molar-refractivity contribution in [3.05, 3.63) is 175 Å². The van der Waals surface area contributed by atoms with Crippen molar-refractivity contribution in [3.63, 3.8) is 0 Å². The molecular weight excluding hydrogens is 570 g/mol. The lowest BCUT2D eigenvalue weighted by atomic mass is 9.94. The van der Waals surface area contributed by atoms with Gasteiger partial charge in [0.1, 0.15) is 11.5 Å². The smallest absolute Gasteiger partial charge is 0.129 e. The summed E-state index contributed by atoms with van der Waals surface area (Å²) in [6.07, 6.45) is 0. The van der Waals surface area contributed by atoms with E-state index in [9.17, 15) is 0 Å². The van der Waals surface area contributed by atoms with Gasteiger partial charge in [0.25, 0.3) is 0 Å². The highest BCUT2D eigenvalue weighted by atomic mass is 35.5. The van der Waals surface area contributed by atoms with E-state index in [1.54, 1.807) is 0 Å². The van der Waals surface area contributed by atoms with Gasteiger partial charge in [0, 0.05) is 21.5 Å². The summed E-state index contributed by atoms with van der Waals surface area (Å²) in [6, 6.07) is 58.8. The normalized spacial score (nSPS) is 11.2. The first kappa shape index (κ1) is 27.0. The highest BCUT2D eigenvalue weighted by Gasteiger charge is 2.13. The van der Waals surface area contributed by atoms with Crippen molar-refractivity contribution < 1.29 is 4.74 Å². The number of ether oxygens (including phenoxy) is 1. The monoisotopic (exact) mass is 597 g/mol. The zero-order valence-electron chi connectivity index (χ0n) is 24.4. The summed E-state index contributed by atoms with van der Waals surface area (Å²) in [6.45, 7) is 0. The third-order valence-corrected chi connectivity index (χ3v) is 8.52. The Balaban J connectivity index is 1.09. The molecular formula is C42H28ClNO. The fourth-order valence-corrected chi connectivity index (χ4v) is 6.48. The fourth-order valence-electron chi connectivity index (χ4n) is 6.26. The van der Waals surface area contributed by atoms with Crippen LogP contribution in [0.2, 0.25) is 5.02 Å². The Morgan fingerprint density at radius 1 is 0.400 bits per heavy atom. The zero-order valence-corrected chi connectivity index (χ0v) is 25.2. The first-order valence-electron chi connectivity index (χ1n) is 15.0. The third kappa shape index (κ3) is 5.16. The molecule has 0 saturated carbocycles. The van der Waals surface area contributed by atoms with Crippen LogP contribution in [0.1, 0.15) is 0 Å². The number of halogens is 1. The Bertz CT molecular complexity index is 2250. The maximum Gasteiger partial charge on any atom is 0.129 e. The molecule has 0 unspecified atom stereocenters. The molecule has 0 aliphatic heterocycles. The molecule has 214 valence electrons. The van der Waals surface area contributed by atoms with Gasteiger partial charge in [0.2, 0.25) is 0 Å². The number of rotatable bonds is 6. The molecule has 0 atom stereocenters. The van der Waals surface area contributed by atoms with Crippen LogP contribution in [0, 0.1) is 0 Å². The second kappa shape index (κ2) is 11.5. The van der Waals surface area contributed by atoms with Gasteiger partial charge in [-0.1, -0.05) is 127 Å². The molecule has 8 rings (SSSR count). The van der Waals surface area contributed by atoms with Gasteiger partial charge in [0.05, 0.1) is 11.0 Å². The van der Waals surface area contributed by atoms with Crippen LogP contribution in [0.5, 0.6) is 11.5 Å². The van der Waals surface area contributed by atoms with Crippen molar-refractivity contribution in [1.82, 2.24) is 4.57 Å². The Morgan fingerprint density at radius 2 is 1.00 bits per heavy atom. The van der Waals surface area contributed by atoms with E-state index in [4.69, 9.17) is 16.3 Å². The molecule has 0 spiro atoms. The minimum atomic E-state index is 0.629. The largest absolute Gasteiger partial charge is 0.457 e. The Labute approximate surface area is 267 Å². The standard InChI is InChI=1S/C42H28ClNO/c43-33-25-32(38-16-5-4-15-37(38)30-11-2-1-3-12-30)27-36(28-33)45-35-23-21-29(22-24-35)31-13-10-14-34(26-31)44-41-19-8-6-17-39(41)40-18-7-9-20-42(40)44/h1-28H. The summed E-state index contributed by atoms with van der Waals surface area (Å²) in [4.78, 5) is 0. The summed E-state index contributed by atoms with van der Waals surface area (Å²) in [5, 5.41) is 3.14. The molecule has 0 radical (unpaired) electrons. The van der Waals surface area contributed by atoms with Gasteiger partial charge < -0.3 is 9.30 Å². The van der Waals surface area contributed by atoms with Crippen LogP contribution in [-0.4, -0.2) is 4.57 Å². The fraction of sp³-hybridized carbons (Fsp3) is 0. The quantitative estimate of drug-likeness (QED) is 0.186. The summed E-state index contributed by atoms with van der Waals surface area (Å²) < 4.78 is 8.69. The number of benzene rings is 7. The number of fused-ring (bicyclic) bond motifs is 3. The molecule has 0 amide bonds. The van der Waals surface area contributed by atoms with Crippen molar-refractivity contribution >= 4 is 33.4 Å². The predicted octanol–water partition coefficient (Wildman–Crippen LogP) is 12.2. The van der Waals surface area contributed by atoms with E-state index in [0.29, 0.717) is 10.8 Å². The molecule has 0 aliphatic rings. The van der Waals surface area contributed by atoms with Crippen molar-refractivity contribution in [2.45, 2.75) is 0 Å². The maximum atomic E-state index is 6.62. The molecule has 0 aliphatic carbocycles. The van der Waals surface area contributed by atoms with Gasteiger partial charge in [0.15, 0.2) is 0 Å². The Kier molecular flexibility index (Phi) is 6.90. The van der Waals surface area contributed by atoms with Crippen molar-refractivity contribution in [3.8, 4) is 50.6 Å². The first-order valence-corrected chi connectivity index (χ1v) is 15.4. The number of hydrogen-bond donors (Lipinski definition) is 0. The van der Waals surface area contributed by atoms with Gasteiger partial charge >= 0.3 is 0 Å². The van der Waals surface area contributed by atoms with E-state index in [1.807, 2.05) is 30.3 Å². The van der Waals surface area contributed by atoms with Crippen LogP contribution < -0.4 is 4.74 Å². The van der Waals surface area contributed by atoms with Gasteiger partial charge in [-0.3, -0.25) is 0 Å². The van der Waals surface area contributed by atoms with E-state index in [-0.39, 0.29) is 0 Å². The molecule has 0 saturated heterocycles. The number of hydrogen-bond acceptors (Lipinski definition) is 1. The molecule has 3 heteroatoms. The molecule has 2 nitrogen and oxygen atoms in total. The SMILES string of the molecule is Clc1cc(Oc2ccc(-c3cccc(-n4c5ccccc5c5ccccc54)c3)cc2)cc(-c2ccccc2-c2ccccc2)c1. The van der Waals surface area contributed by atoms with Crippen LogP contribution in [0.15, 0.2) is 170 Å². The van der Waals surface area contributed by atoms with Crippen LogP contribution in [0.3, 0.4) is 0 Å². The molecule has 0 bridgehead atoms. The van der Waals surface area contributed by atoms with Crippen molar-refractivity contribution in [2.75, 3.05) is 0 Å². The third-order valence-electron chi connectivity index (χ3n) is 8.30. The number of nitrogens with zero attached hydrogens (tertiary/aromatic N) is 1. The van der Waals surface area contributed by atoms with Gasteiger partial charge in [-0.25, -0.2) is 0 Å². The minimum absolute atomic E-state index is 0.629. The van der Waals surface area contributed by atoms with Gasteiger partial charge in [-0.2, -0.15) is 0 Å². The predicted molar refractivity (Wildman–Crippen MR) is 189 cm³/mol. The van der Waals surface area contributed by atoms with Gasteiger partial charge in [-0.05, 0) is 88.0 Å². The summed E-state index contributed by atoms with van der Waals surface area (Å²) >= 11 is 6.62. The topological polar surface area (TPSA) is 14.2 Å². The molecule has 7 aromatic carbocycles. The molecule has 0 fully saturated rings. The molecule has 1 heterocycles. The lowest BCUT2D eigenvalue weighted by Gasteiger charge is -2.13. The highest BCUT2D eigenvalue weighted by molar-refractivity contribution is 6.31. The van der Waals surface area contributed by atoms with E-state index < -0.39 is 0 Å². The lowest BCUT2D eigenvalue weighted by Crippen LogP contribution is -1.94. The second-order valence-electron chi connectivity index (χ2n) is 11.1. The van der Waals surface area contributed by atoms with E-state index >= 15 is 0 Å². The van der Waals surface area contributed by atoms with E-state index in [1.165, 1.54) is 21.8 Å². The van der Waals surface area contributed by atoms with E-state index in [0.717, 1.165) is 44.8 Å². The first-order chi connectivity index (χ1) is 22.2. The van der Waals surface area contributed by atoms with Crippen LogP contribution in [-0.2, 0) is 0 Å². The Morgan fingerprint density at radius 3 is 1.71 bits per heavy atom. The maximum absolute atomic E-state index is 6.62. The average Bonchev–Trinajstić information content (AvgIpc) is 3.43. The highest BCUT2D eigenvalue weighted by Crippen LogP contribution is 2.37. The lowest BCUT2D eigenvalue weighted by molar-refractivity contribution is 0.483. The second-order valence-corrected chi connectivity index (χ2v) is 11.6. The zero-order chi connectivity index (χ0) is 30.2. The number of para-hydroxylation sites is 2. The average molecular weight is 598 g/mol. The molecule has 0 N–H and O–H groups in total. The van der Waals surface area contributed by atoms with Crippen LogP contribution >= 0.6 is 11.6 Å². The van der Waals surface area contributed by atoms with E-state index in [2.05, 4.69) is 144 Å². The number of aromatic nitrogens is 1. The molecule has 8 aromatic rings. The molecule has 1 aromatic heterocycles. The minimum Gasteiger partial charge on any atom is -0.457 e. The summed E-state index contributed by atoms with van der Waals surface area (Å²) in [5.41, 5.74) is 10.2. The molecule has 45 heavy (non-hydrogen) atoms. The summed E-state index contributed by atoms with van der Waals surface area (Å²) in [5.74, 6) is 1.45. The summed E-state index contributed by atoms with van der Waals surface area (Å²) in [7, 11) is 0.